The van der Waals surface area contributed by atoms with E-state index in [2.05, 4.69) is 4.72 Å². The molecule has 0 spiro atoms. The van der Waals surface area contributed by atoms with Crippen molar-refractivity contribution in [3.63, 3.8) is 0 Å². The predicted molar refractivity (Wildman–Crippen MR) is 76.9 cm³/mol. The molecule has 0 amide bonds. The topological polar surface area (TPSA) is 55.3 Å². The predicted octanol–water partition coefficient (Wildman–Crippen LogP) is 3.40. The molecule has 0 aromatic heterocycles. The molecule has 7 heteroatoms. The standard InChI is InChI=1S/C14H20F3NO2S/c1-9(18-21(20)13(2,3)4)10-6-5-7-11(8-10)12(19)14(15,16)17/h5-9,12,18-19H,1-4H3/t9-,12?,21-/m1/s1. The van der Waals surface area contributed by atoms with Crippen LogP contribution in [0.3, 0.4) is 0 Å². The van der Waals surface area contributed by atoms with E-state index in [1.165, 1.54) is 18.2 Å². The fourth-order valence-corrected chi connectivity index (χ4v) is 2.40. The zero-order valence-electron chi connectivity index (χ0n) is 12.4. The van der Waals surface area contributed by atoms with Gasteiger partial charge < -0.3 is 9.66 Å². The van der Waals surface area contributed by atoms with Gasteiger partial charge in [0, 0.05) is 11.4 Å². The van der Waals surface area contributed by atoms with Crippen molar-refractivity contribution in [2.24, 2.45) is 0 Å². The van der Waals surface area contributed by atoms with Gasteiger partial charge in [-0.25, -0.2) is 0 Å². The SMILES string of the molecule is C[C@@H](N[S@+]([O-])C(C)(C)C)c1cccc(C(O)C(F)(F)F)c1. The van der Waals surface area contributed by atoms with Crippen molar-refractivity contribution in [1.82, 2.24) is 4.72 Å². The summed E-state index contributed by atoms with van der Waals surface area (Å²) in [5.41, 5.74) is 0.309. The molecular weight excluding hydrogens is 303 g/mol. The Balaban J connectivity index is 2.90. The third-order valence-corrected chi connectivity index (χ3v) is 4.56. The monoisotopic (exact) mass is 323 g/mol. The molecule has 0 aliphatic carbocycles. The van der Waals surface area contributed by atoms with E-state index in [0.29, 0.717) is 5.56 Å². The zero-order chi connectivity index (χ0) is 16.4. The first-order valence-electron chi connectivity index (χ1n) is 6.45. The van der Waals surface area contributed by atoms with E-state index in [0.717, 1.165) is 0 Å². The van der Waals surface area contributed by atoms with Gasteiger partial charge in [0.25, 0.3) is 0 Å². The highest BCUT2D eigenvalue weighted by atomic mass is 32.2. The zero-order valence-corrected chi connectivity index (χ0v) is 13.2. The van der Waals surface area contributed by atoms with Crippen LogP contribution >= 0.6 is 0 Å². The fraction of sp³-hybridized carbons (Fsp3) is 0.571. The molecule has 0 fully saturated rings. The minimum Gasteiger partial charge on any atom is -0.598 e. The summed E-state index contributed by atoms with van der Waals surface area (Å²) < 4.78 is 51.9. The number of hydrogen-bond acceptors (Lipinski definition) is 3. The Kier molecular flexibility index (Phi) is 5.71. The van der Waals surface area contributed by atoms with Gasteiger partial charge in [0.15, 0.2) is 6.10 Å². The van der Waals surface area contributed by atoms with Gasteiger partial charge in [-0.05, 0) is 38.8 Å². The summed E-state index contributed by atoms with van der Waals surface area (Å²) in [7, 11) is 0. The number of rotatable bonds is 4. The maximum Gasteiger partial charge on any atom is 0.418 e. The lowest BCUT2D eigenvalue weighted by atomic mass is 10.0. The van der Waals surface area contributed by atoms with Crippen LogP contribution in [0.2, 0.25) is 0 Å². The summed E-state index contributed by atoms with van der Waals surface area (Å²) in [6.45, 7) is 7.11. The van der Waals surface area contributed by atoms with Gasteiger partial charge in [0.2, 0.25) is 0 Å². The summed E-state index contributed by atoms with van der Waals surface area (Å²) in [5.74, 6) is 0. The van der Waals surface area contributed by atoms with Crippen molar-refractivity contribution in [3.05, 3.63) is 35.4 Å². The minimum absolute atomic E-state index is 0.227. The number of alkyl halides is 3. The van der Waals surface area contributed by atoms with E-state index in [1.54, 1.807) is 33.8 Å². The van der Waals surface area contributed by atoms with E-state index in [1.807, 2.05) is 0 Å². The Morgan fingerprint density at radius 2 is 1.71 bits per heavy atom. The van der Waals surface area contributed by atoms with E-state index >= 15 is 0 Å². The summed E-state index contributed by atoms with van der Waals surface area (Å²) in [6, 6.07) is 5.16. The normalized spacial score (nSPS) is 17.4. The molecule has 0 aliphatic rings. The van der Waals surface area contributed by atoms with Crippen molar-refractivity contribution in [1.29, 1.82) is 0 Å². The molecule has 0 aliphatic heterocycles. The highest BCUT2D eigenvalue weighted by Gasteiger charge is 2.39. The van der Waals surface area contributed by atoms with Crippen molar-refractivity contribution >= 4 is 11.4 Å². The average molecular weight is 323 g/mol. The first-order valence-corrected chi connectivity index (χ1v) is 7.60. The summed E-state index contributed by atoms with van der Waals surface area (Å²) in [5, 5.41) is 9.27. The Morgan fingerprint density at radius 3 is 2.19 bits per heavy atom. The van der Waals surface area contributed by atoms with Gasteiger partial charge in [0.1, 0.15) is 4.75 Å². The molecule has 21 heavy (non-hydrogen) atoms. The molecule has 1 aromatic rings. The maximum atomic E-state index is 12.5. The van der Waals surface area contributed by atoms with Crippen molar-refractivity contribution in [3.8, 4) is 0 Å². The summed E-state index contributed by atoms with van der Waals surface area (Å²) in [4.78, 5) is 0. The molecule has 0 heterocycles. The number of benzene rings is 1. The number of nitrogens with one attached hydrogen (secondary N) is 1. The van der Waals surface area contributed by atoms with Crippen LogP contribution in [0.4, 0.5) is 13.2 Å². The fourth-order valence-electron chi connectivity index (χ4n) is 1.59. The van der Waals surface area contributed by atoms with Gasteiger partial charge in [-0.2, -0.15) is 13.2 Å². The van der Waals surface area contributed by atoms with Crippen LogP contribution in [-0.4, -0.2) is 20.6 Å². The molecule has 120 valence electrons. The van der Waals surface area contributed by atoms with Crippen LogP contribution in [0.5, 0.6) is 0 Å². The first kappa shape index (κ1) is 18.3. The third kappa shape index (κ3) is 5.18. The van der Waals surface area contributed by atoms with Crippen molar-refractivity contribution < 1.29 is 22.8 Å². The number of aliphatic hydroxyl groups excluding tert-OH is 1. The molecule has 3 nitrogen and oxygen atoms in total. The molecule has 1 rings (SSSR count). The number of aliphatic hydroxyl groups is 1. The van der Waals surface area contributed by atoms with Crippen LogP contribution in [0.15, 0.2) is 24.3 Å². The van der Waals surface area contributed by atoms with Gasteiger partial charge in [-0.1, -0.05) is 24.3 Å². The van der Waals surface area contributed by atoms with Crippen LogP contribution in [0.25, 0.3) is 0 Å². The third-order valence-electron chi connectivity index (χ3n) is 2.88. The Hall–Kier alpha value is -0.760. The van der Waals surface area contributed by atoms with Crippen LogP contribution in [-0.2, 0) is 11.4 Å². The maximum absolute atomic E-state index is 12.5. The molecule has 0 bridgehead atoms. The smallest absolute Gasteiger partial charge is 0.418 e. The molecule has 0 saturated carbocycles. The Bertz CT molecular complexity index is 474. The van der Waals surface area contributed by atoms with E-state index < -0.39 is 34.4 Å². The van der Waals surface area contributed by atoms with Crippen LogP contribution in [0.1, 0.15) is 51.0 Å². The molecule has 1 aromatic carbocycles. The molecule has 2 N–H and O–H groups in total. The average Bonchev–Trinajstić information content (AvgIpc) is 2.35. The lowest BCUT2D eigenvalue weighted by Crippen LogP contribution is -2.40. The van der Waals surface area contributed by atoms with Gasteiger partial charge >= 0.3 is 6.18 Å². The lowest BCUT2D eigenvalue weighted by Gasteiger charge is -2.27. The quantitative estimate of drug-likeness (QED) is 0.835. The Morgan fingerprint density at radius 1 is 1.19 bits per heavy atom. The number of hydrogen-bond donors (Lipinski definition) is 2. The summed E-state index contributed by atoms with van der Waals surface area (Å²) >= 11 is -1.34. The first-order chi connectivity index (χ1) is 9.43. The van der Waals surface area contributed by atoms with Gasteiger partial charge in [0.05, 0.1) is 6.04 Å². The molecule has 0 radical (unpaired) electrons. The van der Waals surface area contributed by atoms with Crippen molar-refractivity contribution in [2.45, 2.75) is 50.8 Å². The minimum atomic E-state index is -4.70. The van der Waals surface area contributed by atoms with Crippen molar-refractivity contribution in [2.75, 3.05) is 0 Å². The highest BCUT2D eigenvalue weighted by molar-refractivity contribution is 7.90. The largest absolute Gasteiger partial charge is 0.598 e. The number of halogens is 3. The van der Waals surface area contributed by atoms with E-state index in [-0.39, 0.29) is 5.56 Å². The highest BCUT2D eigenvalue weighted by Crippen LogP contribution is 2.33. The van der Waals surface area contributed by atoms with Gasteiger partial charge in [-0.15, -0.1) is 4.72 Å². The van der Waals surface area contributed by atoms with Crippen LogP contribution < -0.4 is 4.72 Å². The van der Waals surface area contributed by atoms with Gasteiger partial charge in [-0.3, -0.25) is 0 Å². The molecule has 0 saturated heterocycles. The molecular formula is C14H20F3NO2S. The van der Waals surface area contributed by atoms with Crippen LogP contribution in [0, 0.1) is 0 Å². The molecule has 1 unspecified atom stereocenters. The lowest BCUT2D eigenvalue weighted by molar-refractivity contribution is -0.206. The van der Waals surface area contributed by atoms with E-state index in [9.17, 15) is 22.8 Å². The Labute approximate surface area is 125 Å². The second kappa shape index (κ2) is 6.56. The second-order valence-electron chi connectivity index (χ2n) is 5.83. The summed E-state index contributed by atoms with van der Waals surface area (Å²) in [6.07, 6.45) is -7.22. The van der Waals surface area contributed by atoms with E-state index in [4.69, 9.17) is 0 Å². The second-order valence-corrected chi connectivity index (χ2v) is 7.83. The molecule has 3 atom stereocenters.